The average molecular weight is 373 g/mol. The normalized spacial score (nSPS) is 14.8. The molecule has 0 aliphatic carbocycles. The second-order valence-corrected chi connectivity index (χ2v) is 6.77. The fourth-order valence-electron chi connectivity index (χ4n) is 2.19. The Morgan fingerprint density at radius 1 is 1.45 bits per heavy atom. The Labute approximate surface area is 134 Å². The summed E-state index contributed by atoms with van der Waals surface area (Å²) in [7, 11) is 1.65. The number of thiophene rings is 1. The maximum absolute atomic E-state index is 11.4. The summed E-state index contributed by atoms with van der Waals surface area (Å²) < 4.78 is 5.20. The number of carbonyl (C=O) groups excluding carboxylic acids is 1. The van der Waals surface area contributed by atoms with E-state index in [0.717, 1.165) is 27.4 Å². The number of methoxy groups -OCH3 is 1. The highest BCUT2D eigenvalue weighted by Gasteiger charge is 2.23. The van der Waals surface area contributed by atoms with Crippen molar-refractivity contribution in [2.24, 2.45) is 0 Å². The quantitative estimate of drug-likeness (QED) is 0.812. The lowest BCUT2D eigenvalue weighted by molar-refractivity contribution is -0.115. The minimum atomic E-state index is -0.00935. The molecule has 1 unspecified atom stereocenters. The molecule has 1 aromatic carbocycles. The van der Waals surface area contributed by atoms with Gasteiger partial charge in [-0.2, -0.15) is 0 Å². The number of rotatable bonds is 3. The Hall–Kier alpha value is -1.04. The molecule has 6 heteroatoms. The van der Waals surface area contributed by atoms with Crippen LogP contribution in [0.4, 0.5) is 5.69 Å². The van der Waals surface area contributed by atoms with Crippen molar-refractivity contribution in [3.63, 3.8) is 0 Å². The number of carbonyl (C=O) groups is 1. The molecule has 3 nitrogen and oxygen atoms in total. The minimum Gasteiger partial charge on any atom is -0.496 e. The van der Waals surface area contributed by atoms with Gasteiger partial charge in [-0.3, -0.25) is 4.79 Å². The van der Waals surface area contributed by atoms with Crippen molar-refractivity contribution in [2.45, 2.75) is 11.2 Å². The predicted molar refractivity (Wildman–Crippen MR) is 85.4 cm³/mol. The van der Waals surface area contributed by atoms with Crippen LogP contribution in [0.5, 0.6) is 5.75 Å². The van der Waals surface area contributed by atoms with Gasteiger partial charge in [0.25, 0.3) is 0 Å². The van der Waals surface area contributed by atoms with Crippen LogP contribution in [-0.2, 0) is 11.2 Å². The lowest BCUT2D eigenvalue weighted by Crippen LogP contribution is -2.03. The average Bonchev–Trinajstić information content (AvgIpc) is 3.02. The van der Waals surface area contributed by atoms with E-state index in [0.29, 0.717) is 11.4 Å². The topological polar surface area (TPSA) is 38.3 Å². The van der Waals surface area contributed by atoms with Crippen LogP contribution < -0.4 is 10.1 Å². The molecule has 3 rings (SSSR count). The molecule has 0 radical (unpaired) electrons. The summed E-state index contributed by atoms with van der Waals surface area (Å²) in [5.74, 6) is 0.848. The first-order valence-electron chi connectivity index (χ1n) is 5.97. The number of anilines is 1. The van der Waals surface area contributed by atoms with E-state index in [4.69, 9.17) is 16.3 Å². The van der Waals surface area contributed by atoms with E-state index < -0.39 is 0 Å². The highest BCUT2D eigenvalue weighted by Crippen LogP contribution is 2.42. The first-order valence-corrected chi connectivity index (χ1v) is 8.14. The Bertz CT molecular complexity index is 686. The van der Waals surface area contributed by atoms with Crippen molar-refractivity contribution in [3.8, 4) is 5.75 Å². The van der Waals surface area contributed by atoms with Crippen molar-refractivity contribution in [2.75, 3.05) is 12.4 Å². The van der Waals surface area contributed by atoms with E-state index in [1.165, 1.54) is 0 Å². The minimum absolute atomic E-state index is 0.00935. The number of hydrogen-bond acceptors (Lipinski definition) is 3. The van der Waals surface area contributed by atoms with Gasteiger partial charge >= 0.3 is 0 Å². The van der Waals surface area contributed by atoms with Gasteiger partial charge in [-0.25, -0.2) is 0 Å². The van der Waals surface area contributed by atoms with E-state index in [1.807, 2.05) is 23.6 Å². The number of nitrogens with one attached hydrogen (secondary N) is 1. The molecular formula is C14H11BrClNO2S. The molecular weight excluding hydrogens is 362 g/mol. The zero-order chi connectivity index (χ0) is 14.3. The molecule has 0 saturated carbocycles. The molecule has 0 bridgehead atoms. The SMILES string of the molecule is COc1csc(C(Br)c2cc3c(cc2Cl)NC(=O)C3)c1. The molecule has 1 atom stereocenters. The number of halogens is 2. The lowest BCUT2D eigenvalue weighted by Gasteiger charge is -2.12. The van der Waals surface area contributed by atoms with Gasteiger partial charge in [0.05, 0.1) is 18.4 Å². The molecule has 1 aliphatic heterocycles. The fourth-order valence-corrected chi connectivity index (χ4v) is 4.28. The van der Waals surface area contributed by atoms with Crippen LogP contribution in [0.1, 0.15) is 20.8 Å². The van der Waals surface area contributed by atoms with E-state index in [9.17, 15) is 4.79 Å². The summed E-state index contributed by atoms with van der Waals surface area (Å²) in [6.07, 6.45) is 0.410. The van der Waals surface area contributed by atoms with Crippen LogP contribution >= 0.6 is 38.9 Å². The van der Waals surface area contributed by atoms with Crippen LogP contribution in [0.2, 0.25) is 5.02 Å². The summed E-state index contributed by atoms with van der Waals surface area (Å²) in [6.45, 7) is 0. The Morgan fingerprint density at radius 2 is 2.25 bits per heavy atom. The number of hydrogen-bond donors (Lipinski definition) is 1. The number of benzene rings is 1. The van der Waals surface area contributed by atoms with Gasteiger partial charge in [-0.05, 0) is 23.3 Å². The monoisotopic (exact) mass is 371 g/mol. The second kappa shape index (κ2) is 5.39. The molecule has 0 saturated heterocycles. The van der Waals surface area contributed by atoms with Crippen molar-refractivity contribution in [1.82, 2.24) is 0 Å². The highest BCUT2D eigenvalue weighted by atomic mass is 79.9. The molecule has 1 amide bonds. The molecule has 104 valence electrons. The number of fused-ring (bicyclic) bond motifs is 1. The Morgan fingerprint density at radius 3 is 2.95 bits per heavy atom. The van der Waals surface area contributed by atoms with E-state index in [1.54, 1.807) is 18.4 Å². The van der Waals surface area contributed by atoms with Crippen LogP contribution in [-0.4, -0.2) is 13.0 Å². The Kier molecular flexibility index (Phi) is 3.75. The largest absolute Gasteiger partial charge is 0.496 e. The fraction of sp³-hybridized carbons (Fsp3) is 0.214. The summed E-state index contributed by atoms with van der Waals surface area (Å²) in [5.41, 5.74) is 2.76. The smallest absolute Gasteiger partial charge is 0.228 e. The molecule has 2 heterocycles. The lowest BCUT2D eigenvalue weighted by atomic mass is 10.0. The maximum Gasteiger partial charge on any atom is 0.228 e. The van der Waals surface area contributed by atoms with Crippen molar-refractivity contribution in [1.29, 1.82) is 0 Å². The molecule has 2 aromatic rings. The predicted octanol–water partition coefficient (Wildman–Crippen LogP) is 4.39. The van der Waals surface area contributed by atoms with E-state index in [-0.39, 0.29) is 10.7 Å². The molecule has 1 aromatic heterocycles. The highest BCUT2D eigenvalue weighted by molar-refractivity contribution is 9.09. The first-order chi connectivity index (χ1) is 9.58. The van der Waals surface area contributed by atoms with Crippen LogP contribution in [0.25, 0.3) is 0 Å². The molecule has 20 heavy (non-hydrogen) atoms. The first kappa shape index (κ1) is 13.9. The van der Waals surface area contributed by atoms with Gasteiger partial charge in [0.15, 0.2) is 0 Å². The summed E-state index contributed by atoms with van der Waals surface area (Å²) in [5, 5.41) is 5.39. The zero-order valence-electron chi connectivity index (χ0n) is 10.6. The third-order valence-electron chi connectivity index (χ3n) is 3.20. The van der Waals surface area contributed by atoms with Crippen LogP contribution in [0.15, 0.2) is 23.6 Å². The van der Waals surface area contributed by atoms with E-state index >= 15 is 0 Å². The van der Waals surface area contributed by atoms with Gasteiger partial charge in [0.1, 0.15) is 5.75 Å². The standard InChI is InChI=1S/C14H11BrClNO2S/c1-19-8-4-12(20-6-8)14(15)9-2-7-3-13(18)17-11(7)5-10(9)16/h2,4-6,14H,3H2,1H3,(H,17,18). The molecule has 0 spiro atoms. The molecule has 1 N–H and O–H groups in total. The zero-order valence-corrected chi connectivity index (χ0v) is 13.7. The number of alkyl halides is 1. The van der Waals surface area contributed by atoms with E-state index in [2.05, 4.69) is 21.2 Å². The van der Waals surface area contributed by atoms with Gasteiger partial charge in [-0.15, -0.1) is 11.3 Å². The summed E-state index contributed by atoms with van der Waals surface area (Å²) in [4.78, 5) is 12.5. The third kappa shape index (κ3) is 2.45. The van der Waals surface area contributed by atoms with Crippen molar-refractivity contribution >= 4 is 50.5 Å². The molecule has 0 fully saturated rings. The maximum atomic E-state index is 11.4. The van der Waals surface area contributed by atoms with Crippen molar-refractivity contribution in [3.05, 3.63) is 44.6 Å². The number of ether oxygens (including phenoxy) is 1. The second-order valence-electron chi connectivity index (χ2n) is 4.51. The van der Waals surface area contributed by atoms with Gasteiger partial charge in [0.2, 0.25) is 5.91 Å². The van der Waals surface area contributed by atoms with Crippen LogP contribution in [0.3, 0.4) is 0 Å². The number of amides is 1. The Balaban J connectivity index is 1.97. The van der Waals surface area contributed by atoms with Crippen LogP contribution in [0, 0.1) is 0 Å². The summed E-state index contributed by atoms with van der Waals surface area (Å²) in [6, 6.07) is 5.79. The molecule has 1 aliphatic rings. The van der Waals surface area contributed by atoms with Gasteiger partial charge in [-0.1, -0.05) is 33.6 Å². The summed E-state index contributed by atoms with van der Waals surface area (Å²) >= 11 is 11.6. The van der Waals surface area contributed by atoms with Gasteiger partial charge in [0, 0.05) is 21.0 Å². The third-order valence-corrected chi connectivity index (χ3v) is 5.79. The van der Waals surface area contributed by atoms with Crippen molar-refractivity contribution < 1.29 is 9.53 Å². The van der Waals surface area contributed by atoms with Gasteiger partial charge < -0.3 is 10.1 Å².